The van der Waals surface area contributed by atoms with E-state index in [1.165, 1.54) is 19.3 Å². The summed E-state index contributed by atoms with van der Waals surface area (Å²) in [7, 11) is -15.4. The number of ether oxygens (including phenoxy) is 1. The number of amidine groups is 1. The van der Waals surface area contributed by atoms with Crippen LogP contribution in [0.4, 0.5) is 4.39 Å². The fraction of sp³-hybridized carbons (Fsp3) is 0.583. The van der Waals surface area contributed by atoms with Crippen molar-refractivity contribution in [3.05, 3.63) is 24.7 Å². The first-order valence-electron chi connectivity index (χ1n) is 8.28. The van der Waals surface area contributed by atoms with Crippen LogP contribution in [0.25, 0.3) is 0 Å². The highest BCUT2D eigenvalue weighted by molar-refractivity contribution is 7.66. The van der Waals surface area contributed by atoms with Crippen LogP contribution in [0.15, 0.2) is 29.7 Å². The second kappa shape index (κ2) is 9.88. The van der Waals surface area contributed by atoms with Gasteiger partial charge in [0.25, 0.3) is 0 Å². The standard InChI is InChI=1S/C12H20ClFN3O12P3/c1-7-16-8(15-2)3-4-17(7)11-9(14)10(18)12(5-13,27-11)6-26-31(22,23)29-32(24,25)28-30(19,20)21/h3-4,9-11,18H,1,5-6H2,2H3,(H,15,16)(H,22,23)(H,24,25)(H2,19,20,21)/t9-,10+,11-,12-/m1/s1. The number of aliphatic hydroxyl groups is 1. The third-order valence-corrected chi connectivity index (χ3v) is 8.31. The van der Waals surface area contributed by atoms with Gasteiger partial charge in [-0.3, -0.25) is 9.52 Å². The quantitative estimate of drug-likeness (QED) is 0.169. The molecular weight excluding hydrogens is 526 g/mol. The van der Waals surface area contributed by atoms with E-state index in [0.717, 1.165) is 4.90 Å². The number of alkyl halides is 2. The van der Waals surface area contributed by atoms with Crippen molar-refractivity contribution in [1.29, 1.82) is 0 Å². The molecule has 0 spiro atoms. The molecule has 6 atom stereocenters. The number of nitrogens with zero attached hydrogens (tertiary/aromatic N) is 2. The monoisotopic (exact) mass is 545 g/mol. The van der Waals surface area contributed by atoms with Crippen molar-refractivity contribution in [1.82, 2.24) is 10.2 Å². The molecule has 0 bridgehead atoms. The summed E-state index contributed by atoms with van der Waals surface area (Å²) in [4.78, 5) is 40.9. The van der Waals surface area contributed by atoms with Gasteiger partial charge in [-0.1, -0.05) is 6.58 Å². The molecule has 0 aliphatic carbocycles. The number of phosphoric acid groups is 3. The minimum Gasteiger partial charge on any atom is -0.387 e. The molecule has 32 heavy (non-hydrogen) atoms. The average molecular weight is 546 g/mol. The third-order valence-electron chi connectivity index (χ3n) is 4.07. The van der Waals surface area contributed by atoms with E-state index in [4.69, 9.17) is 26.1 Å². The topological polar surface area (TPSA) is 217 Å². The van der Waals surface area contributed by atoms with Crippen LogP contribution in [0.2, 0.25) is 0 Å². The highest BCUT2D eigenvalue weighted by Gasteiger charge is 2.58. The van der Waals surface area contributed by atoms with E-state index >= 15 is 0 Å². The lowest BCUT2D eigenvalue weighted by molar-refractivity contribution is -0.119. The maximum Gasteiger partial charge on any atom is 0.490 e. The van der Waals surface area contributed by atoms with Crippen LogP contribution in [0, 0.1) is 0 Å². The summed E-state index contributed by atoms with van der Waals surface area (Å²) in [5.41, 5.74) is -2.15. The van der Waals surface area contributed by atoms with E-state index in [2.05, 4.69) is 30.0 Å². The van der Waals surface area contributed by atoms with Crippen LogP contribution in [0.5, 0.6) is 0 Å². The predicted molar refractivity (Wildman–Crippen MR) is 106 cm³/mol. The van der Waals surface area contributed by atoms with Gasteiger partial charge in [0.1, 0.15) is 23.4 Å². The van der Waals surface area contributed by atoms with Crippen molar-refractivity contribution in [2.75, 3.05) is 19.5 Å². The number of aliphatic imine (C=N–C) groups is 1. The van der Waals surface area contributed by atoms with Crippen molar-refractivity contribution in [2.45, 2.75) is 24.1 Å². The smallest absolute Gasteiger partial charge is 0.387 e. The molecule has 20 heteroatoms. The normalized spacial score (nSPS) is 33.8. The molecule has 2 aliphatic rings. The minimum atomic E-state index is -5.77. The molecule has 0 amide bonds. The van der Waals surface area contributed by atoms with Gasteiger partial charge < -0.3 is 39.6 Å². The predicted octanol–water partition coefficient (Wildman–Crippen LogP) is 0.281. The highest BCUT2D eigenvalue weighted by atomic mass is 35.5. The number of hydrogen-bond donors (Lipinski definition) is 6. The average Bonchev–Trinajstić information content (AvgIpc) is 2.89. The van der Waals surface area contributed by atoms with Gasteiger partial charge >= 0.3 is 23.5 Å². The molecule has 0 saturated carbocycles. The van der Waals surface area contributed by atoms with Gasteiger partial charge in [-0.25, -0.2) is 18.1 Å². The van der Waals surface area contributed by atoms with Crippen LogP contribution in [0.3, 0.4) is 0 Å². The van der Waals surface area contributed by atoms with Crippen molar-refractivity contribution in [3.63, 3.8) is 0 Å². The Morgan fingerprint density at radius 3 is 2.44 bits per heavy atom. The Morgan fingerprint density at radius 2 is 1.94 bits per heavy atom. The van der Waals surface area contributed by atoms with E-state index < -0.39 is 60.1 Å². The van der Waals surface area contributed by atoms with Crippen molar-refractivity contribution < 1.29 is 60.6 Å². The number of hydrogen-bond acceptors (Lipinski definition) is 10. The minimum absolute atomic E-state index is 0.117. The summed E-state index contributed by atoms with van der Waals surface area (Å²) in [6, 6.07) is 0. The molecule has 1 saturated heterocycles. The Balaban J connectivity index is 2.16. The first kappa shape index (κ1) is 27.5. The van der Waals surface area contributed by atoms with Crippen LogP contribution in [-0.2, 0) is 31.6 Å². The Morgan fingerprint density at radius 1 is 1.31 bits per heavy atom. The molecule has 2 heterocycles. The van der Waals surface area contributed by atoms with Gasteiger partial charge in [0.05, 0.1) is 12.5 Å². The summed E-state index contributed by atoms with van der Waals surface area (Å²) >= 11 is 5.79. The number of phosphoric ester groups is 1. The lowest BCUT2D eigenvalue weighted by atomic mass is 9.99. The SMILES string of the molecule is C=C1NC(=NC)C=CN1[C@@H]1O[C@](CCl)(COP(=O)(O)OP(=O)(O)OP(=O)(O)O)[C@@H](O)[C@H]1F. The maximum atomic E-state index is 14.9. The molecule has 1 fully saturated rings. The van der Waals surface area contributed by atoms with E-state index in [1.54, 1.807) is 0 Å². The van der Waals surface area contributed by atoms with Gasteiger partial charge in [0.2, 0.25) is 0 Å². The van der Waals surface area contributed by atoms with Crippen LogP contribution in [0.1, 0.15) is 0 Å². The first-order valence-corrected chi connectivity index (χ1v) is 13.3. The molecule has 6 N–H and O–H groups in total. The molecule has 2 rings (SSSR count). The molecular formula is C12H20ClFN3O12P3. The molecule has 184 valence electrons. The number of halogens is 2. The van der Waals surface area contributed by atoms with E-state index in [-0.39, 0.29) is 5.82 Å². The largest absolute Gasteiger partial charge is 0.490 e. The van der Waals surface area contributed by atoms with Gasteiger partial charge in [0.15, 0.2) is 12.4 Å². The van der Waals surface area contributed by atoms with Gasteiger partial charge in [-0.2, -0.15) is 8.62 Å². The molecule has 0 radical (unpaired) electrons. The summed E-state index contributed by atoms with van der Waals surface area (Å²) in [5.74, 6) is -0.164. The Hall–Kier alpha value is -0.700. The van der Waals surface area contributed by atoms with E-state index in [0.29, 0.717) is 5.84 Å². The summed E-state index contributed by atoms with van der Waals surface area (Å²) < 4.78 is 66.0. The zero-order chi connectivity index (χ0) is 24.5. The van der Waals surface area contributed by atoms with Gasteiger partial charge in [-0.05, 0) is 6.08 Å². The third kappa shape index (κ3) is 6.67. The fourth-order valence-electron chi connectivity index (χ4n) is 2.66. The first-order chi connectivity index (χ1) is 14.5. The van der Waals surface area contributed by atoms with Gasteiger partial charge in [-0.15, -0.1) is 11.6 Å². The second-order valence-corrected chi connectivity index (χ2v) is 11.1. The van der Waals surface area contributed by atoms with Crippen LogP contribution < -0.4 is 5.32 Å². The zero-order valence-electron chi connectivity index (χ0n) is 16.1. The second-order valence-electron chi connectivity index (χ2n) is 6.36. The zero-order valence-corrected chi connectivity index (χ0v) is 19.5. The molecule has 2 unspecified atom stereocenters. The molecule has 0 aromatic rings. The Labute approximate surface area is 185 Å². The van der Waals surface area contributed by atoms with E-state index in [1.807, 2.05) is 0 Å². The number of nitrogens with one attached hydrogen (secondary N) is 1. The van der Waals surface area contributed by atoms with Crippen molar-refractivity contribution in [3.8, 4) is 0 Å². The molecule has 2 aliphatic heterocycles. The van der Waals surface area contributed by atoms with Crippen molar-refractivity contribution in [2.24, 2.45) is 4.99 Å². The summed E-state index contributed by atoms with van der Waals surface area (Å²) in [6.45, 7) is 2.53. The Bertz CT molecular complexity index is 945. The Kier molecular flexibility index (Phi) is 8.51. The molecule has 0 aromatic carbocycles. The summed E-state index contributed by atoms with van der Waals surface area (Å²) in [6.07, 6.45) is -2.88. The van der Waals surface area contributed by atoms with E-state index in [9.17, 15) is 33.0 Å². The fourth-order valence-corrected chi connectivity index (χ4v) is 6.03. The number of aliphatic hydroxyl groups excluding tert-OH is 1. The lowest BCUT2D eigenvalue weighted by Crippen LogP contribution is -2.47. The van der Waals surface area contributed by atoms with Crippen LogP contribution >= 0.6 is 35.1 Å². The summed E-state index contributed by atoms with van der Waals surface area (Å²) in [5, 5.41) is 13.1. The van der Waals surface area contributed by atoms with Crippen molar-refractivity contribution >= 4 is 40.9 Å². The highest BCUT2D eigenvalue weighted by Crippen LogP contribution is 2.66. The number of rotatable bonds is 9. The molecule has 0 aromatic heterocycles. The lowest BCUT2D eigenvalue weighted by Gasteiger charge is -2.34. The van der Waals surface area contributed by atoms with Crippen LogP contribution in [-0.4, -0.2) is 79.1 Å². The van der Waals surface area contributed by atoms with Gasteiger partial charge in [0, 0.05) is 13.2 Å². The molecule has 15 nitrogen and oxygen atoms in total. The maximum absolute atomic E-state index is 14.9.